The van der Waals surface area contributed by atoms with Crippen molar-refractivity contribution in [3.63, 3.8) is 0 Å². The minimum absolute atomic E-state index is 0.211. The molecule has 2 rings (SSSR count). The molecule has 0 radical (unpaired) electrons. The normalized spacial score (nSPS) is 17.2. The lowest BCUT2D eigenvalue weighted by Crippen LogP contribution is -2.17. The lowest BCUT2D eigenvalue weighted by Gasteiger charge is -2.12. The number of hydrogen-bond acceptors (Lipinski definition) is 2. The summed E-state index contributed by atoms with van der Waals surface area (Å²) in [6, 6.07) is 1.03. The van der Waals surface area contributed by atoms with Crippen LogP contribution in [0.5, 0.6) is 0 Å². The monoisotopic (exact) mass is 192 g/mol. The van der Waals surface area contributed by atoms with E-state index in [1.165, 1.54) is 4.68 Å². The van der Waals surface area contributed by atoms with Gasteiger partial charge in [-0.3, -0.25) is 4.68 Å². The summed E-state index contributed by atoms with van der Waals surface area (Å²) >= 11 is 0. The fourth-order valence-electron chi connectivity index (χ4n) is 1.23. The standard InChI is InChI=1S/C7H7F3N2O/c8-7(9,10)6-3-5-4-13-2-1-12(5)11-6/h3H,1-2,4H2. The average molecular weight is 192 g/mol. The van der Waals surface area contributed by atoms with Gasteiger partial charge in [0.25, 0.3) is 0 Å². The van der Waals surface area contributed by atoms with Gasteiger partial charge in [-0.05, 0) is 6.07 Å². The summed E-state index contributed by atoms with van der Waals surface area (Å²) in [4.78, 5) is 0. The first-order valence-corrected chi connectivity index (χ1v) is 3.79. The maximum absolute atomic E-state index is 12.2. The van der Waals surface area contributed by atoms with Gasteiger partial charge in [0.15, 0.2) is 5.69 Å². The van der Waals surface area contributed by atoms with E-state index in [0.717, 1.165) is 6.07 Å². The Labute approximate surface area is 72.1 Å². The van der Waals surface area contributed by atoms with Crippen LogP contribution in [0.25, 0.3) is 0 Å². The summed E-state index contributed by atoms with van der Waals surface area (Å²) in [6.45, 7) is 1.03. The third-order valence-electron chi connectivity index (χ3n) is 1.85. The zero-order valence-electron chi connectivity index (χ0n) is 6.64. The Morgan fingerprint density at radius 1 is 1.46 bits per heavy atom. The third kappa shape index (κ3) is 1.53. The molecule has 0 spiro atoms. The second kappa shape index (κ2) is 2.73. The molecule has 1 aliphatic rings. The van der Waals surface area contributed by atoms with E-state index in [-0.39, 0.29) is 6.61 Å². The Morgan fingerprint density at radius 2 is 2.23 bits per heavy atom. The van der Waals surface area contributed by atoms with E-state index in [0.29, 0.717) is 18.8 Å². The number of halogens is 3. The van der Waals surface area contributed by atoms with E-state index in [1.807, 2.05) is 0 Å². The molecule has 72 valence electrons. The van der Waals surface area contributed by atoms with Crippen LogP contribution < -0.4 is 0 Å². The first-order valence-electron chi connectivity index (χ1n) is 3.79. The molecule has 0 saturated carbocycles. The van der Waals surface area contributed by atoms with E-state index in [2.05, 4.69) is 5.10 Å². The van der Waals surface area contributed by atoms with Gasteiger partial charge in [-0.1, -0.05) is 0 Å². The first-order chi connectivity index (χ1) is 6.07. The molecule has 2 heterocycles. The van der Waals surface area contributed by atoms with Crippen LogP contribution in [0.3, 0.4) is 0 Å². The van der Waals surface area contributed by atoms with Crippen LogP contribution >= 0.6 is 0 Å². The number of ether oxygens (including phenoxy) is 1. The molecule has 13 heavy (non-hydrogen) atoms. The van der Waals surface area contributed by atoms with Crippen LogP contribution in [0, 0.1) is 0 Å². The molecule has 0 amide bonds. The number of hydrogen-bond donors (Lipinski definition) is 0. The lowest BCUT2D eigenvalue weighted by molar-refractivity contribution is -0.141. The second-order valence-corrected chi connectivity index (χ2v) is 2.79. The molecule has 0 saturated heterocycles. The molecule has 1 aromatic rings. The fourth-order valence-corrected chi connectivity index (χ4v) is 1.23. The highest BCUT2D eigenvalue weighted by Crippen LogP contribution is 2.29. The van der Waals surface area contributed by atoms with Gasteiger partial charge in [0.2, 0.25) is 0 Å². The average Bonchev–Trinajstić information content (AvgIpc) is 2.45. The van der Waals surface area contributed by atoms with Crippen molar-refractivity contribution < 1.29 is 17.9 Å². The number of alkyl halides is 3. The number of nitrogens with zero attached hydrogens (tertiary/aromatic N) is 2. The van der Waals surface area contributed by atoms with Gasteiger partial charge in [0, 0.05) is 0 Å². The summed E-state index contributed by atoms with van der Waals surface area (Å²) < 4.78 is 42.8. The summed E-state index contributed by atoms with van der Waals surface area (Å²) in [5.41, 5.74) is -0.355. The smallest absolute Gasteiger partial charge is 0.373 e. The van der Waals surface area contributed by atoms with Crippen molar-refractivity contribution in [3.8, 4) is 0 Å². The minimum Gasteiger partial charge on any atom is -0.373 e. The molecule has 0 aliphatic carbocycles. The molecule has 0 N–H and O–H groups in total. The fraction of sp³-hybridized carbons (Fsp3) is 0.571. The molecule has 0 aromatic carbocycles. The summed E-state index contributed by atoms with van der Waals surface area (Å²) in [6.07, 6.45) is -4.36. The third-order valence-corrected chi connectivity index (χ3v) is 1.85. The van der Waals surface area contributed by atoms with Crippen molar-refractivity contribution in [1.82, 2.24) is 9.78 Å². The van der Waals surface area contributed by atoms with E-state index in [9.17, 15) is 13.2 Å². The number of rotatable bonds is 0. The van der Waals surface area contributed by atoms with Crippen molar-refractivity contribution in [1.29, 1.82) is 0 Å². The van der Waals surface area contributed by atoms with E-state index in [4.69, 9.17) is 4.74 Å². The Bertz CT molecular complexity index is 295. The molecule has 0 atom stereocenters. The molecule has 0 bridgehead atoms. The quantitative estimate of drug-likeness (QED) is 0.621. The Hall–Kier alpha value is -1.04. The predicted molar refractivity (Wildman–Crippen MR) is 36.9 cm³/mol. The van der Waals surface area contributed by atoms with Crippen molar-refractivity contribution >= 4 is 0 Å². The Morgan fingerprint density at radius 3 is 2.85 bits per heavy atom. The molecular formula is C7H7F3N2O. The van der Waals surface area contributed by atoms with Gasteiger partial charge in [-0.2, -0.15) is 18.3 Å². The lowest BCUT2D eigenvalue weighted by atomic mass is 10.3. The maximum Gasteiger partial charge on any atom is 0.435 e. The van der Waals surface area contributed by atoms with Crippen LogP contribution in [0.1, 0.15) is 11.4 Å². The van der Waals surface area contributed by atoms with Crippen LogP contribution in [0.4, 0.5) is 13.2 Å². The zero-order valence-corrected chi connectivity index (χ0v) is 6.64. The maximum atomic E-state index is 12.2. The van der Waals surface area contributed by atoms with Gasteiger partial charge < -0.3 is 4.74 Å². The topological polar surface area (TPSA) is 27.1 Å². The molecule has 0 fully saturated rings. The second-order valence-electron chi connectivity index (χ2n) is 2.79. The van der Waals surface area contributed by atoms with E-state index in [1.54, 1.807) is 0 Å². The van der Waals surface area contributed by atoms with Crippen molar-refractivity contribution in [2.24, 2.45) is 0 Å². The largest absolute Gasteiger partial charge is 0.435 e. The highest BCUT2D eigenvalue weighted by Gasteiger charge is 2.35. The number of fused-ring (bicyclic) bond motifs is 1. The van der Waals surface area contributed by atoms with Gasteiger partial charge in [-0.15, -0.1) is 0 Å². The van der Waals surface area contributed by atoms with Crippen LogP contribution in [-0.4, -0.2) is 16.4 Å². The van der Waals surface area contributed by atoms with Crippen molar-refractivity contribution in [3.05, 3.63) is 17.5 Å². The molecule has 3 nitrogen and oxygen atoms in total. The van der Waals surface area contributed by atoms with E-state index < -0.39 is 11.9 Å². The van der Waals surface area contributed by atoms with Crippen LogP contribution in [0.2, 0.25) is 0 Å². The first kappa shape index (κ1) is 8.55. The van der Waals surface area contributed by atoms with Crippen LogP contribution in [0.15, 0.2) is 6.07 Å². The van der Waals surface area contributed by atoms with Gasteiger partial charge in [0.05, 0.1) is 25.5 Å². The molecule has 1 aromatic heterocycles. The van der Waals surface area contributed by atoms with Gasteiger partial charge >= 0.3 is 6.18 Å². The summed E-state index contributed by atoms with van der Waals surface area (Å²) in [7, 11) is 0. The molecule has 1 aliphatic heterocycles. The van der Waals surface area contributed by atoms with Gasteiger partial charge in [-0.25, -0.2) is 0 Å². The minimum atomic E-state index is -4.36. The predicted octanol–water partition coefficient (Wildman–Crippen LogP) is 1.43. The molecular weight excluding hydrogens is 185 g/mol. The molecule has 0 unspecified atom stereocenters. The summed E-state index contributed by atoms with van der Waals surface area (Å²) in [5, 5.41) is 3.43. The van der Waals surface area contributed by atoms with E-state index >= 15 is 0 Å². The van der Waals surface area contributed by atoms with Crippen molar-refractivity contribution in [2.75, 3.05) is 6.61 Å². The SMILES string of the molecule is FC(F)(F)c1cc2n(n1)CCOC2. The Balaban J connectivity index is 2.36. The van der Waals surface area contributed by atoms with Crippen LogP contribution in [-0.2, 0) is 24.1 Å². The summed E-state index contributed by atoms with van der Waals surface area (Å²) in [5.74, 6) is 0. The highest BCUT2D eigenvalue weighted by atomic mass is 19.4. The number of aromatic nitrogens is 2. The van der Waals surface area contributed by atoms with Gasteiger partial charge in [0.1, 0.15) is 0 Å². The van der Waals surface area contributed by atoms with Crippen molar-refractivity contribution in [2.45, 2.75) is 19.3 Å². The molecule has 6 heteroatoms. The zero-order chi connectivity index (χ0) is 9.47. The highest BCUT2D eigenvalue weighted by molar-refractivity contribution is 5.13. The Kier molecular flexibility index (Phi) is 1.80.